The molecule has 0 bridgehead atoms. The van der Waals surface area contributed by atoms with Crippen molar-refractivity contribution in [3.8, 4) is 0 Å². The first-order chi connectivity index (χ1) is 6.33. The first-order valence-electron chi connectivity index (χ1n) is 4.71. The largest absolute Gasteiger partial charge is 0.361 e. The zero-order valence-electron chi connectivity index (χ0n) is 7.70. The summed E-state index contributed by atoms with van der Waals surface area (Å²) in [6, 6.07) is 0. The lowest BCUT2D eigenvalue weighted by Crippen LogP contribution is -2.01. The Morgan fingerprint density at radius 3 is 3.15 bits per heavy atom. The van der Waals surface area contributed by atoms with Crippen LogP contribution in [0.25, 0.3) is 5.53 Å². The van der Waals surface area contributed by atoms with Crippen molar-refractivity contribution in [2.24, 2.45) is 0 Å². The zero-order valence-corrected chi connectivity index (χ0v) is 7.70. The lowest BCUT2D eigenvalue weighted by atomic mass is 10.1. The van der Waals surface area contributed by atoms with Gasteiger partial charge in [-0.15, -0.1) is 0 Å². The van der Waals surface area contributed by atoms with Crippen molar-refractivity contribution < 1.29 is 9.58 Å². The Balaban J connectivity index is 2.46. The number of hydrogen-bond acceptors (Lipinski definition) is 1. The van der Waals surface area contributed by atoms with Crippen LogP contribution < -0.4 is 0 Å². The topological polar surface area (TPSA) is 53.5 Å². The van der Waals surface area contributed by atoms with Gasteiger partial charge in [-0.1, -0.05) is 18.1 Å². The van der Waals surface area contributed by atoms with E-state index in [0.717, 1.165) is 19.1 Å². The number of ketones is 1. The fraction of sp³-hybridized carbons (Fsp3) is 0.600. The van der Waals surface area contributed by atoms with Crippen molar-refractivity contribution in [2.75, 3.05) is 0 Å². The number of Topliss-reactive ketones (excluding diaryl/α,β-unsaturated/α-hetero) is 1. The molecule has 13 heavy (non-hydrogen) atoms. The van der Waals surface area contributed by atoms with Crippen LogP contribution >= 0.6 is 0 Å². The fourth-order valence-electron chi connectivity index (χ4n) is 1.58. The molecule has 0 amide bonds. The molecule has 0 aliphatic heterocycles. The molecule has 0 unspecified atom stereocenters. The monoisotopic (exact) mass is 178 g/mol. The number of carbonyl (C=O) groups is 1. The quantitative estimate of drug-likeness (QED) is 0.283. The molecule has 0 saturated heterocycles. The molecule has 0 atom stereocenters. The Morgan fingerprint density at radius 1 is 1.54 bits per heavy atom. The average Bonchev–Trinajstić information content (AvgIpc) is 2.33. The van der Waals surface area contributed by atoms with Crippen LogP contribution in [0.4, 0.5) is 0 Å². The van der Waals surface area contributed by atoms with Crippen molar-refractivity contribution in [3.05, 3.63) is 17.2 Å². The standard InChI is InChI=1S/C10H14N2O/c11-12-8-10(13)7-9-5-3-1-2-4-6-9/h5,8H,1-4,6-7H2. The number of rotatable bonds is 3. The molecule has 3 heteroatoms. The molecular weight excluding hydrogens is 164 g/mol. The molecule has 0 fully saturated rings. The number of hydrogen-bond donors (Lipinski definition) is 0. The predicted octanol–water partition coefficient (Wildman–Crippen LogP) is 2.14. The molecule has 1 aliphatic carbocycles. The van der Waals surface area contributed by atoms with Gasteiger partial charge in [0.1, 0.15) is 0 Å². The van der Waals surface area contributed by atoms with Crippen molar-refractivity contribution in [2.45, 2.75) is 38.5 Å². The molecule has 70 valence electrons. The van der Waals surface area contributed by atoms with Crippen LogP contribution in [0.15, 0.2) is 11.6 Å². The summed E-state index contributed by atoms with van der Waals surface area (Å²) in [5, 5.41) is 0. The molecule has 0 aromatic heterocycles. The molecule has 0 aromatic carbocycles. The third-order valence-electron chi connectivity index (χ3n) is 2.24. The SMILES string of the molecule is [N-]=[N+]=CC(=O)CC1=CCCCCC1. The molecule has 0 saturated carbocycles. The van der Waals surface area contributed by atoms with Gasteiger partial charge in [0.05, 0.1) is 0 Å². The fourth-order valence-corrected chi connectivity index (χ4v) is 1.58. The number of nitrogens with zero attached hydrogens (tertiary/aromatic N) is 2. The van der Waals surface area contributed by atoms with Crippen LogP contribution in [-0.2, 0) is 4.79 Å². The van der Waals surface area contributed by atoms with Crippen LogP contribution in [0.2, 0.25) is 0 Å². The lowest BCUT2D eigenvalue weighted by Gasteiger charge is -1.98. The minimum atomic E-state index is -0.115. The minimum absolute atomic E-state index is 0.115. The lowest BCUT2D eigenvalue weighted by molar-refractivity contribution is -0.115. The van der Waals surface area contributed by atoms with Gasteiger partial charge in [-0.2, -0.15) is 4.79 Å². The average molecular weight is 178 g/mol. The maximum Gasteiger partial charge on any atom is 0.323 e. The predicted molar refractivity (Wildman–Crippen MR) is 50.5 cm³/mol. The summed E-state index contributed by atoms with van der Waals surface area (Å²) in [7, 11) is 0. The Bertz CT molecular complexity index is 262. The van der Waals surface area contributed by atoms with Gasteiger partial charge in [0, 0.05) is 6.42 Å². The third kappa shape index (κ3) is 3.81. The van der Waals surface area contributed by atoms with Gasteiger partial charge in [-0.25, -0.2) is 0 Å². The molecule has 3 nitrogen and oxygen atoms in total. The van der Waals surface area contributed by atoms with Crippen molar-refractivity contribution >= 4 is 12.0 Å². The Labute approximate surface area is 78.1 Å². The summed E-state index contributed by atoms with van der Waals surface area (Å²) in [6.45, 7) is 0. The van der Waals surface area contributed by atoms with E-state index < -0.39 is 0 Å². The summed E-state index contributed by atoms with van der Waals surface area (Å²) in [6.07, 6.45) is 9.30. The second kappa shape index (κ2) is 5.44. The maximum atomic E-state index is 11.1. The zero-order chi connectivity index (χ0) is 9.52. The van der Waals surface area contributed by atoms with E-state index in [9.17, 15) is 4.79 Å². The highest BCUT2D eigenvalue weighted by atomic mass is 16.1. The van der Waals surface area contributed by atoms with Crippen molar-refractivity contribution in [1.82, 2.24) is 0 Å². The Hall–Kier alpha value is -1.21. The van der Waals surface area contributed by atoms with E-state index in [2.05, 4.69) is 10.9 Å². The van der Waals surface area contributed by atoms with E-state index >= 15 is 0 Å². The molecule has 0 radical (unpaired) electrons. The van der Waals surface area contributed by atoms with Gasteiger partial charge in [0.2, 0.25) is 5.78 Å². The molecular formula is C10H14N2O. The van der Waals surface area contributed by atoms with Gasteiger partial charge >= 0.3 is 6.21 Å². The molecule has 0 aromatic rings. The second-order valence-electron chi connectivity index (χ2n) is 3.35. The van der Waals surface area contributed by atoms with E-state index in [-0.39, 0.29) is 5.78 Å². The molecule has 0 spiro atoms. The summed E-state index contributed by atoms with van der Waals surface area (Å²) in [5.74, 6) is -0.115. The maximum absolute atomic E-state index is 11.1. The number of carbonyl (C=O) groups excluding carboxylic acids is 1. The first kappa shape index (κ1) is 9.87. The van der Waals surface area contributed by atoms with Crippen LogP contribution in [0.1, 0.15) is 38.5 Å². The first-order valence-corrected chi connectivity index (χ1v) is 4.71. The smallest absolute Gasteiger partial charge is 0.323 e. The third-order valence-corrected chi connectivity index (χ3v) is 2.24. The van der Waals surface area contributed by atoms with Crippen LogP contribution in [0, 0.1) is 0 Å². The van der Waals surface area contributed by atoms with E-state index in [1.807, 2.05) is 0 Å². The van der Waals surface area contributed by atoms with Crippen LogP contribution in [0.3, 0.4) is 0 Å². The minimum Gasteiger partial charge on any atom is -0.361 e. The highest BCUT2D eigenvalue weighted by molar-refractivity contribution is 6.25. The summed E-state index contributed by atoms with van der Waals surface area (Å²) < 4.78 is 0. The highest BCUT2D eigenvalue weighted by Gasteiger charge is 2.08. The van der Waals surface area contributed by atoms with Crippen molar-refractivity contribution in [3.63, 3.8) is 0 Å². The molecule has 0 heterocycles. The van der Waals surface area contributed by atoms with E-state index in [1.54, 1.807) is 0 Å². The molecule has 1 rings (SSSR count). The normalized spacial score (nSPS) is 16.8. The van der Waals surface area contributed by atoms with Gasteiger partial charge in [0.25, 0.3) is 0 Å². The number of allylic oxidation sites excluding steroid dienone is 2. The Morgan fingerprint density at radius 2 is 2.38 bits per heavy atom. The Kier molecular flexibility index (Phi) is 4.13. The van der Waals surface area contributed by atoms with Gasteiger partial charge in [-0.05, 0) is 25.7 Å². The van der Waals surface area contributed by atoms with E-state index in [4.69, 9.17) is 5.53 Å². The summed E-state index contributed by atoms with van der Waals surface area (Å²) >= 11 is 0. The van der Waals surface area contributed by atoms with Gasteiger partial charge in [0.15, 0.2) is 0 Å². The molecule has 1 aliphatic rings. The molecule has 0 N–H and O–H groups in total. The van der Waals surface area contributed by atoms with E-state index in [1.165, 1.54) is 24.8 Å². The van der Waals surface area contributed by atoms with Crippen molar-refractivity contribution in [1.29, 1.82) is 0 Å². The van der Waals surface area contributed by atoms with Crippen LogP contribution in [-0.4, -0.2) is 16.8 Å². The van der Waals surface area contributed by atoms with Crippen LogP contribution in [0.5, 0.6) is 0 Å². The van der Waals surface area contributed by atoms with Gasteiger partial charge in [-0.3, -0.25) is 4.79 Å². The second-order valence-corrected chi connectivity index (χ2v) is 3.35. The van der Waals surface area contributed by atoms with Gasteiger partial charge < -0.3 is 5.53 Å². The van der Waals surface area contributed by atoms with E-state index in [0.29, 0.717) is 6.42 Å². The summed E-state index contributed by atoms with van der Waals surface area (Å²) in [5.41, 5.74) is 9.35. The summed E-state index contributed by atoms with van der Waals surface area (Å²) in [4.78, 5) is 13.8. The highest BCUT2D eigenvalue weighted by Crippen LogP contribution is 2.19.